The van der Waals surface area contributed by atoms with Crippen molar-refractivity contribution in [3.63, 3.8) is 0 Å². The molecule has 0 bridgehead atoms. The van der Waals surface area contributed by atoms with E-state index in [0.717, 1.165) is 16.8 Å². The number of anilines is 1. The van der Waals surface area contributed by atoms with Crippen LogP contribution in [0, 0.1) is 12.7 Å². The maximum Gasteiger partial charge on any atom is 0.435 e. The zero-order valence-corrected chi connectivity index (χ0v) is 18.0. The van der Waals surface area contributed by atoms with Crippen LogP contribution in [0.3, 0.4) is 0 Å². The second kappa shape index (κ2) is 8.24. The lowest BCUT2D eigenvalue weighted by Crippen LogP contribution is -2.21. The lowest BCUT2D eigenvalue weighted by atomic mass is 10.2. The van der Waals surface area contributed by atoms with E-state index in [1.54, 1.807) is 0 Å². The Hall–Kier alpha value is -3.29. The predicted octanol–water partition coefficient (Wildman–Crippen LogP) is 2.82. The lowest BCUT2D eigenvalue weighted by molar-refractivity contribution is -0.141. The van der Waals surface area contributed by atoms with E-state index in [-0.39, 0.29) is 23.0 Å². The highest BCUT2D eigenvalue weighted by molar-refractivity contribution is 7.91. The number of imidazole rings is 1. The number of rotatable bonds is 5. The normalized spacial score (nSPS) is 17.9. The van der Waals surface area contributed by atoms with Crippen LogP contribution < -0.4 is 5.32 Å². The predicted molar refractivity (Wildman–Crippen MR) is 108 cm³/mol. The molecule has 1 aliphatic rings. The second-order valence-corrected chi connectivity index (χ2v) is 9.91. The quantitative estimate of drug-likeness (QED) is 0.555. The topological polar surface area (TPSA) is 112 Å². The third-order valence-corrected chi connectivity index (χ3v) is 7.38. The van der Waals surface area contributed by atoms with E-state index < -0.39 is 45.2 Å². The molecule has 1 saturated heterocycles. The highest BCUT2D eigenvalue weighted by Crippen LogP contribution is 2.34. The maximum absolute atomic E-state index is 14.6. The molecule has 1 N–H and O–H groups in total. The Kier molecular flexibility index (Phi) is 5.72. The van der Waals surface area contributed by atoms with Crippen LogP contribution in [0.1, 0.15) is 35.2 Å². The fraction of sp³-hybridized carbons (Fsp3) is 0.368. The van der Waals surface area contributed by atoms with Gasteiger partial charge in [-0.3, -0.25) is 14.0 Å². The van der Waals surface area contributed by atoms with Gasteiger partial charge in [-0.2, -0.15) is 18.3 Å². The summed E-state index contributed by atoms with van der Waals surface area (Å²) in [6.07, 6.45) is 0.169. The van der Waals surface area contributed by atoms with Crippen LogP contribution in [0.2, 0.25) is 0 Å². The molecule has 0 aromatic carbocycles. The number of hydrogen-bond acceptors (Lipinski definition) is 6. The average Bonchev–Trinajstić information content (AvgIpc) is 3.40. The Labute approximate surface area is 185 Å². The highest BCUT2D eigenvalue weighted by Gasteiger charge is 2.35. The van der Waals surface area contributed by atoms with Gasteiger partial charge in [0.05, 0.1) is 23.3 Å². The molecule has 9 nitrogen and oxygen atoms in total. The van der Waals surface area contributed by atoms with E-state index in [0.29, 0.717) is 18.5 Å². The molecular weight excluding hydrogens is 468 g/mol. The average molecular weight is 486 g/mol. The summed E-state index contributed by atoms with van der Waals surface area (Å²) in [4.78, 5) is 20.2. The van der Waals surface area contributed by atoms with Gasteiger partial charge in [0, 0.05) is 18.0 Å². The Bertz CT molecular complexity index is 1320. The van der Waals surface area contributed by atoms with E-state index in [9.17, 15) is 30.8 Å². The summed E-state index contributed by atoms with van der Waals surface area (Å²) < 4.78 is 79.2. The highest BCUT2D eigenvalue weighted by atomic mass is 32.2. The monoisotopic (exact) mass is 486 g/mol. The molecule has 0 radical (unpaired) electrons. The number of halogens is 4. The first-order valence-electron chi connectivity index (χ1n) is 9.77. The number of nitrogens with one attached hydrogen (secondary N) is 1. The van der Waals surface area contributed by atoms with Gasteiger partial charge in [0.1, 0.15) is 18.1 Å². The second-order valence-electron chi connectivity index (χ2n) is 7.61. The summed E-state index contributed by atoms with van der Waals surface area (Å²) in [7, 11) is -3.28. The fourth-order valence-corrected chi connectivity index (χ4v) is 5.45. The van der Waals surface area contributed by atoms with Crippen LogP contribution in [0.5, 0.6) is 0 Å². The minimum absolute atomic E-state index is 0.0131. The summed E-state index contributed by atoms with van der Waals surface area (Å²) in [6.45, 7) is 0.869. The number of amides is 1. The van der Waals surface area contributed by atoms with Gasteiger partial charge in [0.15, 0.2) is 27.2 Å². The number of hydrogen-bond donors (Lipinski definition) is 1. The van der Waals surface area contributed by atoms with Gasteiger partial charge in [-0.1, -0.05) is 0 Å². The standard InChI is InChI=1S/C19H18F4N6O3S/c1-11-5-16(19(21,22)23)27-29(11)9-17(30)26-12-6-13(20)18(24-7-12)28-8-14(25-10-28)15-3-2-4-33(15,31)32/h5-8,10,15H,2-4,9H2,1H3,(H,26,30). The minimum atomic E-state index is -4.63. The molecule has 3 aromatic rings. The lowest BCUT2D eigenvalue weighted by Gasteiger charge is -2.09. The van der Waals surface area contributed by atoms with E-state index in [4.69, 9.17) is 0 Å². The van der Waals surface area contributed by atoms with Crippen LogP contribution in [0.15, 0.2) is 30.9 Å². The number of aryl methyl sites for hydroxylation is 1. The van der Waals surface area contributed by atoms with E-state index in [1.807, 2.05) is 0 Å². The SMILES string of the molecule is Cc1cc(C(F)(F)F)nn1CC(=O)Nc1cnc(-n2cnc(C3CCCS3(=O)=O)c2)c(F)c1. The van der Waals surface area contributed by atoms with Gasteiger partial charge in [0.25, 0.3) is 0 Å². The molecular formula is C19H18F4N6O3S. The van der Waals surface area contributed by atoms with E-state index in [2.05, 4.69) is 20.4 Å². The molecule has 1 aliphatic heterocycles. The first-order chi connectivity index (χ1) is 15.4. The van der Waals surface area contributed by atoms with Crippen LogP contribution in [0.4, 0.5) is 23.2 Å². The van der Waals surface area contributed by atoms with Crippen molar-refractivity contribution in [2.45, 2.75) is 37.7 Å². The van der Waals surface area contributed by atoms with Gasteiger partial charge in [-0.15, -0.1) is 0 Å². The van der Waals surface area contributed by atoms with Crippen LogP contribution in [-0.2, 0) is 27.4 Å². The zero-order valence-electron chi connectivity index (χ0n) is 17.2. The van der Waals surface area contributed by atoms with Gasteiger partial charge in [0.2, 0.25) is 5.91 Å². The van der Waals surface area contributed by atoms with Crippen LogP contribution in [-0.4, -0.2) is 44.4 Å². The first-order valence-corrected chi connectivity index (χ1v) is 11.5. The Morgan fingerprint density at radius 3 is 2.64 bits per heavy atom. The molecule has 0 aliphatic carbocycles. The summed E-state index contributed by atoms with van der Waals surface area (Å²) in [5, 5.41) is 4.99. The summed E-state index contributed by atoms with van der Waals surface area (Å²) >= 11 is 0. The smallest absolute Gasteiger partial charge is 0.323 e. The molecule has 0 saturated carbocycles. The van der Waals surface area contributed by atoms with Gasteiger partial charge in [-0.25, -0.2) is 22.8 Å². The van der Waals surface area contributed by atoms with Crippen molar-refractivity contribution in [3.05, 3.63) is 53.8 Å². The number of alkyl halides is 3. The van der Waals surface area contributed by atoms with Crippen molar-refractivity contribution < 1.29 is 30.8 Å². The molecule has 176 valence electrons. The molecule has 1 atom stereocenters. The van der Waals surface area contributed by atoms with Crippen LogP contribution >= 0.6 is 0 Å². The summed E-state index contributed by atoms with van der Waals surface area (Å²) in [6, 6.07) is 1.81. The maximum atomic E-state index is 14.6. The molecule has 1 amide bonds. The van der Waals surface area contributed by atoms with Crippen molar-refractivity contribution in [2.75, 3.05) is 11.1 Å². The Morgan fingerprint density at radius 2 is 2.03 bits per heavy atom. The largest absolute Gasteiger partial charge is 0.435 e. The van der Waals surface area contributed by atoms with Crippen molar-refractivity contribution in [3.8, 4) is 5.82 Å². The Morgan fingerprint density at radius 1 is 1.27 bits per heavy atom. The number of nitrogens with zero attached hydrogens (tertiary/aromatic N) is 5. The van der Waals surface area contributed by atoms with E-state index in [1.165, 1.54) is 30.2 Å². The third kappa shape index (κ3) is 4.74. The van der Waals surface area contributed by atoms with Gasteiger partial charge in [-0.05, 0) is 25.8 Å². The van der Waals surface area contributed by atoms with Gasteiger partial charge < -0.3 is 5.32 Å². The van der Waals surface area contributed by atoms with E-state index >= 15 is 0 Å². The molecule has 1 fully saturated rings. The zero-order chi connectivity index (χ0) is 24.0. The number of carbonyl (C=O) groups is 1. The van der Waals surface area contributed by atoms with Crippen LogP contribution in [0.25, 0.3) is 5.82 Å². The molecule has 14 heteroatoms. The summed E-state index contributed by atoms with van der Waals surface area (Å²) in [5.41, 5.74) is -0.688. The molecule has 4 heterocycles. The molecule has 1 unspecified atom stereocenters. The summed E-state index contributed by atoms with van der Waals surface area (Å²) in [5.74, 6) is -1.61. The molecule has 4 rings (SSSR count). The van der Waals surface area contributed by atoms with Crippen molar-refractivity contribution in [2.24, 2.45) is 0 Å². The third-order valence-electron chi connectivity index (χ3n) is 5.18. The van der Waals surface area contributed by atoms with Crippen molar-refractivity contribution in [1.82, 2.24) is 24.3 Å². The fourth-order valence-electron chi connectivity index (χ4n) is 3.58. The molecule has 33 heavy (non-hydrogen) atoms. The number of pyridine rings is 1. The first kappa shape index (κ1) is 22.9. The number of aromatic nitrogens is 5. The minimum Gasteiger partial charge on any atom is -0.323 e. The molecule has 3 aromatic heterocycles. The molecule has 0 spiro atoms. The number of carbonyl (C=O) groups excluding carboxylic acids is 1. The number of sulfone groups is 1. The van der Waals surface area contributed by atoms with Gasteiger partial charge >= 0.3 is 6.18 Å². The Balaban J connectivity index is 1.46. The van der Waals surface area contributed by atoms with Crippen molar-refractivity contribution in [1.29, 1.82) is 0 Å². The van der Waals surface area contributed by atoms with Crippen molar-refractivity contribution >= 4 is 21.4 Å².